The Morgan fingerprint density at radius 1 is 1.33 bits per heavy atom. The number of aliphatic imine (C=N–C) groups is 1. The van der Waals surface area contributed by atoms with Crippen molar-refractivity contribution in [2.45, 2.75) is 71.9 Å². The van der Waals surface area contributed by atoms with Gasteiger partial charge in [-0.1, -0.05) is 33.6 Å². The molecule has 1 heterocycles. The van der Waals surface area contributed by atoms with Crippen molar-refractivity contribution in [1.82, 2.24) is 25.4 Å². The number of nitrogens with one attached hydrogen (secondary N) is 2. The predicted octanol–water partition coefficient (Wildman–Crippen LogP) is 2.98. The van der Waals surface area contributed by atoms with Crippen molar-refractivity contribution in [1.29, 1.82) is 0 Å². The zero-order valence-corrected chi connectivity index (χ0v) is 17.6. The molecule has 24 heavy (non-hydrogen) atoms. The lowest BCUT2D eigenvalue weighted by atomic mass is 9.86. The first kappa shape index (κ1) is 21.2. The van der Waals surface area contributed by atoms with Crippen LogP contribution in [0.4, 0.5) is 0 Å². The number of hydrogen-bond acceptors (Lipinski definition) is 3. The Kier molecular flexibility index (Phi) is 10.3. The van der Waals surface area contributed by atoms with E-state index in [1.54, 1.807) is 6.33 Å². The molecule has 0 bridgehead atoms. The Morgan fingerprint density at radius 2 is 2.12 bits per heavy atom. The number of aryl methyl sites for hydroxylation is 1. The Hall–Kier alpha value is -0.860. The minimum Gasteiger partial charge on any atom is -0.355 e. The van der Waals surface area contributed by atoms with Gasteiger partial charge in [-0.25, -0.2) is 0 Å². The van der Waals surface area contributed by atoms with Crippen LogP contribution in [-0.4, -0.2) is 39.9 Å². The third kappa shape index (κ3) is 6.57. The van der Waals surface area contributed by atoms with Crippen LogP contribution in [0.15, 0.2) is 11.3 Å². The summed E-state index contributed by atoms with van der Waals surface area (Å²) >= 11 is 0. The van der Waals surface area contributed by atoms with Crippen molar-refractivity contribution in [3.05, 3.63) is 12.2 Å². The van der Waals surface area contributed by atoms with Gasteiger partial charge in [-0.3, -0.25) is 4.99 Å². The summed E-state index contributed by atoms with van der Waals surface area (Å²) in [5.41, 5.74) is 0. The highest BCUT2D eigenvalue weighted by Gasteiger charge is 2.21. The van der Waals surface area contributed by atoms with E-state index in [1.165, 1.54) is 25.7 Å². The van der Waals surface area contributed by atoms with E-state index >= 15 is 0 Å². The van der Waals surface area contributed by atoms with Gasteiger partial charge in [0.1, 0.15) is 12.2 Å². The lowest BCUT2D eigenvalue weighted by Crippen LogP contribution is -2.48. The van der Waals surface area contributed by atoms with Crippen LogP contribution in [-0.2, 0) is 13.0 Å². The Morgan fingerprint density at radius 3 is 2.83 bits per heavy atom. The topological polar surface area (TPSA) is 67.1 Å². The van der Waals surface area contributed by atoms with Crippen molar-refractivity contribution >= 4 is 29.9 Å². The molecule has 138 valence electrons. The van der Waals surface area contributed by atoms with E-state index in [0.29, 0.717) is 6.04 Å². The summed E-state index contributed by atoms with van der Waals surface area (Å²) in [6.07, 6.45) is 9.04. The van der Waals surface area contributed by atoms with Crippen LogP contribution < -0.4 is 10.6 Å². The minimum atomic E-state index is 0. The minimum absolute atomic E-state index is 0. The van der Waals surface area contributed by atoms with Crippen molar-refractivity contribution in [2.75, 3.05) is 13.1 Å². The second kappa shape index (κ2) is 11.7. The maximum atomic E-state index is 4.69. The van der Waals surface area contributed by atoms with E-state index in [2.05, 4.69) is 51.2 Å². The summed E-state index contributed by atoms with van der Waals surface area (Å²) in [6, 6.07) is 0.549. The maximum absolute atomic E-state index is 4.69. The zero-order valence-electron chi connectivity index (χ0n) is 15.3. The Balaban J connectivity index is 0.00000288. The van der Waals surface area contributed by atoms with E-state index in [1.807, 2.05) is 0 Å². The summed E-state index contributed by atoms with van der Waals surface area (Å²) in [4.78, 5) is 4.69. The summed E-state index contributed by atoms with van der Waals surface area (Å²) in [7, 11) is 0. The third-order valence-corrected chi connectivity index (χ3v) is 4.58. The second-order valence-corrected chi connectivity index (χ2v) is 6.46. The van der Waals surface area contributed by atoms with Crippen LogP contribution in [0.5, 0.6) is 0 Å². The van der Waals surface area contributed by atoms with Crippen molar-refractivity contribution in [3.8, 4) is 0 Å². The smallest absolute Gasteiger partial charge is 0.191 e. The van der Waals surface area contributed by atoms with Crippen LogP contribution in [0.3, 0.4) is 0 Å². The zero-order chi connectivity index (χ0) is 16.5. The number of aromatic nitrogens is 3. The molecule has 6 nitrogen and oxygen atoms in total. The third-order valence-electron chi connectivity index (χ3n) is 4.58. The van der Waals surface area contributed by atoms with E-state index in [9.17, 15) is 0 Å². The van der Waals surface area contributed by atoms with Gasteiger partial charge in [0.05, 0.1) is 0 Å². The summed E-state index contributed by atoms with van der Waals surface area (Å²) < 4.78 is 2.10. The molecule has 0 saturated heterocycles. The number of halogens is 1. The van der Waals surface area contributed by atoms with E-state index in [-0.39, 0.29) is 24.0 Å². The lowest BCUT2D eigenvalue weighted by molar-refractivity contribution is 0.306. The van der Waals surface area contributed by atoms with Gasteiger partial charge in [0.15, 0.2) is 5.96 Å². The highest BCUT2D eigenvalue weighted by atomic mass is 127. The average molecular weight is 448 g/mol. The van der Waals surface area contributed by atoms with Gasteiger partial charge in [0.2, 0.25) is 0 Å². The fourth-order valence-corrected chi connectivity index (χ4v) is 3.12. The van der Waals surface area contributed by atoms with Gasteiger partial charge in [0.25, 0.3) is 0 Å². The van der Waals surface area contributed by atoms with Crippen LogP contribution in [0.2, 0.25) is 0 Å². The molecule has 2 unspecified atom stereocenters. The molecule has 0 aliphatic heterocycles. The monoisotopic (exact) mass is 448 g/mol. The second-order valence-electron chi connectivity index (χ2n) is 6.46. The molecule has 1 aromatic heterocycles. The quantitative estimate of drug-likeness (QED) is 0.383. The highest BCUT2D eigenvalue weighted by molar-refractivity contribution is 14.0. The summed E-state index contributed by atoms with van der Waals surface area (Å²) in [6.45, 7) is 9.18. The number of rotatable bonds is 7. The largest absolute Gasteiger partial charge is 0.355 e. The fraction of sp³-hybridized carbons (Fsp3) is 0.824. The van der Waals surface area contributed by atoms with Crippen LogP contribution in [0.25, 0.3) is 0 Å². The number of nitrogens with zero attached hydrogens (tertiary/aromatic N) is 4. The van der Waals surface area contributed by atoms with Gasteiger partial charge in [-0.15, -0.1) is 34.2 Å². The molecule has 2 atom stereocenters. The molecule has 0 aromatic carbocycles. The molecular formula is C17H33IN6. The molecule has 2 N–H and O–H groups in total. The first-order valence-corrected chi connectivity index (χ1v) is 9.16. The van der Waals surface area contributed by atoms with E-state index in [0.717, 1.165) is 50.2 Å². The molecule has 7 heteroatoms. The first-order valence-electron chi connectivity index (χ1n) is 9.16. The number of guanidine groups is 1. The first-order chi connectivity index (χ1) is 11.2. The molecule has 2 rings (SSSR count). The molecule has 1 aliphatic carbocycles. The number of hydrogen-bond donors (Lipinski definition) is 2. The molecular weight excluding hydrogens is 415 g/mol. The van der Waals surface area contributed by atoms with Gasteiger partial charge in [-0.2, -0.15) is 0 Å². The van der Waals surface area contributed by atoms with Crippen molar-refractivity contribution in [3.63, 3.8) is 0 Å². The Labute approximate surface area is 163 Å². The van der Waals surface area contributed by atoms with E-state index in [4.69, 9.17) is 0 Å². The van der Waals surface area contributed by atoms with Crippen LogP contribution >= 0.6 is 24.0 Å². The molecule has 1 aliphatic rings. The normalized spacial score (nSPS) is 21.2. The average Bonchev–Trinajstić information content (AvgIpc) is 3.02. The maximum Gasteiger partial charge on any atom is 0.191 e. The van der Waals surface area contributed by atoms with Crippen molar-refractivity contribution in [2.24, 2.45) is 10.9 Å². The van der Waals surface area contributed by atoms with Gasteiger partial charge in [0, 0.05) is 32.1 Å². The highest BCUT2D eigenvalue weighted by Crippen LogP contribution is 2.23. The van der Waals surface area contributed by atoms with Crippen LogP contribution in [0, 0.1) is 5.92 Å². The summed E-state index contributed by atoms with van der Waals surface area (Å²) in [5, 5.41) is 15.2. The Bertz CT molecular complexity index is 487. The molecule has 0 spiro atoms. The molecule has 1 aromatic rings. The SMILES string of the molecule is CCCN=C(NCCn1cnnc1CC)NC1CCCCC1C.I. The molecule has 1 saturated carbocycles. The van der Waals surface area contributed by atoms with Gasteiger partial charge >= 0.3 is 0 Å². The molecule has 0 amide bonds. The van der Waals surface area contributed by atoms with Gasteiger partial charge < -0.3 is 15.2 Å². The van der Waals surface area contributed by atoms with E-state index < -0.39 is 0 Å². The fourth-order valence-electron chi connectivity index (χ4n) is 3.12. The van der Waals surface area contributed by atoms with Crippen LogP contribution in [0.1, 0.15) is 58.7 Å². The standard InChI is InChI=1S/C17H32N6.HI/c1-4-10-18-17(21-15-9-7-6-8-14(15)3)19-11-12-23-13-20-22-16(23)5-2;/h13-15H,4-12H2,1-3H3,(H2,18,19,21);1H. The van der Waals surface area contributed by atoms with Gasteiger partial charge in [-0.05, 0) is 25.2 Å². The lowest BCUT2D eigenvalue weighted by Gasteiger charge is -2.31. The van der Waals surface area contributed by atoms with Crippen molar-refractivity contribution < 1.29 is 0 Å². The summed E-state index contributed by atoms with van der Waals surface area (Å²) in [5.74, 6) is 2.71. The predicted molar refractivity (Wildman–Crippen MR) is 110 cm³/mol. The molecule has 1 fully saturated rings. The molecule has 0 radical (unpaired) electrons.